The fraction of sp³-hybridized carbons (Fsp3) is 0.556. The molecular weight excluding hydrogens is 310 g/mol. The van der Waals surface area contributed by atoms with E-state index in [4.69, 9.17) is 9.47 Å². The molecule has 0 heterocycles. The number of nitrogens with one attached hydrogen (secondary N) is 1. The molecular formula is C18H27NO5. The van der Waals surface area contributed by atoms with Crippen LogP contribution in [0.5, 0.6) is 5.75 Å². The number of hydrogen-bond acceptors (Lipinski definition) is 5. The van der Waals surface area contributed by atoms with E-state index < -0.39 is 17.7 Å². The number of ether oxygens (including phenoxy) is 2. The molecule has 1 unspecified atom stereocenters. The van der Waals surface area contributed by atoms with Gasteiger partial charge in [0.2, 0.25) is 0 Å². The Balaban J connectivity index is 2.77. The predicted molar refractivity (Wildman–Crippen MR) is 91.3 cm³/mol. The van der Waals surface area contributed by atoms with Crippen molar-refractivity contribution < 1.29 is 24.2 Å². The van der Waals surface area contributed by atoms with Crippen molar-refractivity contribution in [1.29, 1.82) is 0 Å². The van der Waals surface area contributed by atoms with E-state index in [1.54, 1.807) is 20.8 Å². The van der Waals surface area contributed by atoms with Crippen LogP contribution in [-0.2, 0) is 9.47 Å². The third kappa shape index (κ3) is 7.46. The molecule has 6 heteroatoms. The average Bonchev–Trinajstić information content (AvgIpc) is 2.48. The number of phenols is 1. The molecule has 6 nitrogen and oxygen atoms in total. The summed E-state index contributed by atoms with van der Waals surface area (Å²) < 4.78 is 10.7. The SMILES string of the molecule is CCCCOCC(NC(=O)OC(C)(C)C)C(=O)c1ccc(O)cc1. The molecule has 0 aliphatic heterocycles. The van der Waals surface area contributed by atoms with E-state index in [1.165, 1.54) is 24.3 Å². The summed E-state index contributed by atoms with van der Waals surface area (Å²) >= 11 is 0. The van der Waals surface area contributed by atoms with Gasteiger partial charge >= 0.3 is 6.09 Å². The molecule has 0 aliphatic rings. The molecule has 2 N–H and O–H groups in total. The second-order valence-electron chi connectivity index (χ2n) is 6.54. The van der Waals surface area contributed by atoms with Crippen molar-refractivity contribution in [2.24, 2.45) is 0 Å². The molecule has 1 amide bonds. The van der Waals surface area contributed by atoms with Crippen LogP contribution >= 0.6 is 0 Å². The summed E-state index contributed by atoms with van der Waals surface area (Å²) in [5, 5.41) is 11.9. The Morgan fingerprint density at radius 3 is 2.38 bits per heavy atom. The molecule has 0 radical (unpaired) electrons. The number of ketones is 1. The van der Waals surface area contributed by atoms with Gasteiger partial charge in [-0.25, -0.2) is 4.79 Å². The standard InChI is InChI=1S/C18H27NO5/c1-5-6-11-23-12-15(19-17(22)24-18(2,3)4)16(21)13-7-9-14(20)10-8-13/h7-10,15,20H,5-6,11-12H2,1-4H3,(H,19,22). The van der Waals surface area contributed by atoms with Crippen molar-refractivity contribution in [2.75, 3.05) is 13.2 Å². The van der Waals surface area contributed by atoms with Gasteiger partial charge in [-0.1, -0.05) is 13.3 Å². The molecule has 0 saturated carbocycles. The van der Waals surface area contributed by atoms with E-state index in [0.717, 1.165) is 12.8 Å². The van der Waals surface area contributed by atoms with Crippen LogP contribution in [0.15, 0.2) is 24.3 Å². The van der Waals surface area contributed by atoms with Crippen LogP contribution in [0, 0.1) is 0 Å². The monoisotopic (exact) mass is 337 g/mol. The van der Waals surface area contributed by atoms with Gasteiger partial charge < -0.3 is 19.9 Å². The topological polar surface area (TPSA) is 84.9 Å². The Labute approximate surface area is 143 Å². The van der Waals surface area contributed by atoms with Crippen molar-refractivity contribution in [3.8, 4) is 5.75 Å². The average molecular weight is 337 g/mol. The van der Waals surface area contributed by atoms with Crippen LogP contribution in [0.3, 0.4) is 0 Å². The highest BCUT2D eigenvalue weighted by Gasteiger charge is 2.25. The molecule has 1 atom stereocenters. The minimum Gasteiger partial charge on any atom is -0.508 e. The van der Waals surface area contributed by atoms with Gasteiger partial charge in [0.1, 0.15) is 17.4 Å². The zero-order valence-electron chi connectivity index (χ0n) is 14.8. The van der Waals surface area contributed by atoms with Gasteiger partial charge in [-0.3, -0.25) is 4.79 Å². The van der Waals surface area contributed by atoms with Gasteiger partial charge in [0.25, 0.3) is 0 Å². The van der Waals surface area contributed by atoms with Crippen LogP contribution in [0.25, 0.3) is 0 Å². The summed E-state index contributed by atoms with van der Waals surface area (Å²) in [6.07, 6.45) is 1.20. The molecule has 0 fully saturated rings. The second-order valence-corrected chi connectivity index (χ2v) is 6.54. The van der Waals surface area contributed by atoms with Crippen LogP contribution in [0.4, 0.5) is 4.79 Å². The summed E-state index contributed by atoms with van der Waals surface area (Å²) in [6.45, 7) is 7.88. The molecule has 1 aromatic rings. The Bertz CT molecular complexity index is 533. The van der Waals surface area contributed by atoms with Gasteiger partial charge in [0.15, 0.2) is 5.78 Å². The first kappa shape index (κ1) is 20.0. The van der Waals surface area contributed by atoms with Gasteiger partial charge in [-0.2, -0.15) is 0 Å². The first-order chi connectivity index (χ1) is 11.2. The quantitative estimate of drug-likeness (QED) is 0.562. The van der Waals surface area contributed by atoms with Crippen LogP contribution in [0.2, 0.25) is 0 Å². The van der Waals surface area contributed by atoms with Crippen molar-refractivity contribution in [3.05, 3.63) is 29.8 Å². The van der Waals surface area contributed by atoms with Crippen LogP contribution in [-0.4, -0.2) is 41.8 Å². The lowest BCUT2D eigenvalue weighted by Crippen LogP contribution is -2.46. The number of carbonyl (C=O) groups is 2. The molecule has 1 aromatic carbocycles. The van der Waals surface area contributed by atoms with E-state index in [0.29, 0.717) is 12.2 Å². The maximum Gasteiger partial charge on any atom is 0.408 e. The zero-order valence-corrected chi connectivity index (χ0v) is 14.8. The molecule has 0 spiro atoms. The predicted octanol–water partition coefficient (Wildman–Crippen LogP) is 3.28. The highest BCUT2D eigenvalue weighted by atomic mass is 16.6. The largest absolute Gasteiger partial charge is 0.508 e. The number of hydrogen-bond donors (Lipinski definition) is 2. The third-order valence-electron chi connectivity index (χ3n) is 3.09. The fourth-order valence-corrected chi connectivity index (χ4v) is 1.91. The Morgan fingerprint density at radius 1 is 1.21 bits per heavy atom. The van der Waals surface area contributed by atoms with E-state index in [1.807, 2.05) is 6.92 Å². The number of phenolic OH excluding ortho intramolecular Hbond substituents is 1. The van der Waals surface area contributed by atoms with Crippen molar-refractivity contribution in [2.45, 2.75) is 52.2 Å². The molecule has 0 bridgehead atoms. The number of amides is 1. The highest BCUT2D eigenvalue weighted by Crippen LogP contribution is 2.13. The zero-order chi connectivity index (χ0) is 18.2. The molecule has 0 saturated heterocycles. The number of benzene rings is 1. The highest BCUT2D eigenvalue weighted by molar-refractivity contribution is 6.01. The first-order valence-electron chi connectivity index (χ1n) is 8.13. The summed E-state index contributed by atoms with van der Waals surface area (Å²) in [5.74, 6) is -0.222. The summed E-state index contributed by atoms with van der Waals surface area (Å²) in [5.41, 5.74) is -0.271. The normalized spacial score (nSPS) is 12.5. The fourth-order valence-electron chi connectivity index (χ4n) is 1.91. The van der Waals surface area contributed by atoms with E-state index in [-0.39, 0.29) is 18.1 Å². The molecule has 0 aliphatic carbocycles. The number of alkyl carbamates (subject to hydrolysis) is 1. The molecule has 0 aromatic heterocycles. The maximum absolute atomic E-state index is 12.6. The van der Waals surface area contributed by atoms with E-state index in [2.05, 4.69) is 5.32 Å². The maximum atomic E-state index is 12.6. The number of unbranched alkanes of at least 4 members (excludes halogenated alkanes) is 1. The summed E-state index contributed by atoms with van der Waals surface area (Å²) in [7, 11) is 0. The Morgan fingerprint density at radius 2 is 1.83 bits per heavy atom. The first-order valence-corrected chi connectivity index (χ1v) is 8.13. The van der Waals surface area contributed by atoms with Crippen molar-refractivity contribution in [3.63, 3.8) is 0 Å². The van der Waals surface area contributed by atoms with Gasteiger partial charge in [0, 0.05) is 12.2 Å². The molecule has 1 rings (SSSR count). The van der Waals surface area contributed by atoms with E-state index in [9.17, 15) is 14.7 Å². The van der Waals surface area contributed by atoms with E-state index >= 15 is 0 Å². The van der Waals surface area contributed by atoms with Gasteiger partial charge in [-0.05, 0) is 51.5 Å². The number of aromatic hydroxyl groups is 1. The minimum absolute atomic E-state index is 0.0684. The Kier molecular flexibility index (Phi) is 7.71. The van der Waals surface area contributed by atoms with Crippen molar-refractivity contribution >= 4 is 11.9 Å². The third-order valence-corrected chi connectivity index (χ3v) is 3.09. The summed E-state index contributed by atoms with van der Waals surface area (Å²) in [6, 6.07) is 5.02. The van der Waals surface area contributed by atoms with Crippen LogP contribution in [0.1, 0.15) is 50.9 Å². The van der Waals surface area contributed by atoms with Gasteiger partial charge in [-0.15, -0.1) is 0 Å². The number of carbonyl (C=O) groups excluding carboxylic acids is 2. The molecule has 24 heavy (non-hydrogen) atoms. The van der Waals surface area contributed by atoms with Crippen LogP contribution < -0.4 is 5.32 Å². The second kappa shape index (κ2) is 9.27. The van der Waals surface area contributed by atoms with Gasteiger partial charge in [0.05, 0.1) is 6.61 Å². The lowest BCUT2D eigenvalue weighted by Gasteiger charge is -2.23. The lowest BCUT2D eigenvalue weighted by molar-refractivity contribution is 0.0421. The Hall–Kier alpha value is -2.08. The minimum atomic E-state index is -0.846. The lowest BCUT2D eigenvalue weighted by atomic mass is 10.0. The molecule has 134 valence electrons. The number of rotatable bonds is 8. The van der Waals surface area contributed by atoms with Crippen molar-refractivity contribution in [1.82, 2.24) is 5.32 Å². The smallest absolute Gasteiger partial charge is 0.408 e. The number of Topliss-reactive ketones (excluding diaryl/α,β-unsaturated/α-hetero) is 1. The summed E-state index contributed by atoms with van der Waals surface area (Å²) in [4.78, 5) is 24.6.